The predicted octanol–water partition coefficient (Wildman–Crippen LogP) is 2.17. The minimum absolute atomic E-state index is 0.0352. The molecule has 150 valence electrons. The number of amides is 2. The summed E-state index contributed by atoms with van der Waals surface area (Å²) < 4.78 is 28.7. The lowest BCUT2D eigenvalue weighted by atomic mass is 10.1. The van der Waals surface area contributed by atoms with Crippen molar-refractivity contribution >= 4 is 11.8 Å². The van der Waals surface area contributed by atoms with Crippen LogP contribution < -0.4 is 25.1 Å². The van der Waals surface area contributed by atoms with Crippen molar-refractivity contribution in [3.8, 4) is 17.2 Å². The summed E-state index contributed by atoms with van der Waals surface area (Å²) in [5, 5.41) is 0. The average Bonchev–Trinajstić information content (AvgIpc) is 2.71. The number of hydrazine groups is 1. The molecule has 0 aliphatic rings. The molecular weight excluding hydrogens is 367 g/mol. The number of halogens is 1. The van der Waals surface area contributed by atoms with Gasteiger partial charge in [-0.15, -0.1) is 0 Å². The lowest BCUT2D eigenvalue weighted by molar-refractivity contribution is -0.128. The van der Waals surface area contributed by atoms with E-state index in [0.29, 0.717) is 29.2 Å². The second-order valence-corrected chi connectivity index (χ2v) is 5.93. The molecule has 0 bridgehead atoms. The van der Waals surface area contributed by atoms with Gasteiger partial charge in [-0.3, -0.25) is 20.4 Å². The number of nitrogens with one attached hydrogen (secondary N) is 2. The molecule has 0 aliphatic carbocycles. The third-order valence-electron chi connectivity index (χ3n) is 3.98. The van der Waals surface area contributed by atoms with Gasteiger partial charge in [0.1, 0.15) is 5.82 Å². The van der Waals surface area contributed by atoms with Crippen LogP contribution in [0.1, 0.15) is 17.5 Å². The number of rotatable bonds is 8. The number of aryl methyl sites for hydroxylation is 1. The summed E-state index contributed by atoms with van der Waals surface area (Å²) in [7, 11) is 4.55. The van der Waals surface area contributed by atoms with Crippen LogP contribution >= 0.6 is 0 Å². The van der Waals surface area contributed by atoms with E-state index >= 15 is 0 Å². The molecule has 0 spiro atoms. The molecule has 0 heterocycles. The van der Waals surface area contributed by atoms with E-state index in [1.54, 1.807) is 12.1 Å². The van der Waals surface area contributed by atoms with Gasteiger partial charge < -0.3 is 14.2 Å². The summed E-state index contributed by atoms with van der Waals surface area (Å²) in [6.07, 6.45) is 0.597. The fraction of sp³-hybridized carbons (Fsp3) is 0.300. The van der Waals surface area contributed by atoms with E-state index in [2.05, 4.69) is 10.9 Å². The molecule has 0 aliphatic heterocycles. The van der Waals surface area contributed by atoms with Crippen LogP contribution in [-0.4, -0.2) is 33.1 Å². The predicted molar refractivity (Wildman–Crippen MR) is 101 cm³/mol. The molecule has 2 aromatic carbocycles. The minimum atomic E-state index is -0.396. The molecule has 0 aromatic heterocycles. The van der Waals surface area contributed by atoms with Crippen LogP contribution in [0, 0.1) is 5.82 Å². The summed E-state index contributed by atoms with van der Waals surface area (Å²) in [5.41, 5.74) is 6.17. The van der Waals surface area contributed by atoms with Crippen LogP contribution in [0.25, 0.3) is 0 Å². The van der Waals surface area contributed by atoms with Crippen LogP contribution in [0.15, 0.2) is 36.4 Å². The summed E-state index contributed by atoms with van der Waals surface area (Å²) in [6.45, 7) is 0. The average molecular weight is 390 g/mol. The number of hydrogen-bond acceptors (Lipinski definition) is 5. The molecule has 0 saturated heterocycles. The lowest BCUT2D eigenvalue weighted by Gasteiger charge is -2.14. The molecule has 2 aromatic rings. The van der Waals surface area contributed by atoms with Gasteiger partial charge in [0.15, 0.2) is 11.5 Å². The molecule has 7 nitrogen and oxygen atoms in total. The number of carbonyl (C=O) groups excluding carboxylic acids is 2. The Kier molecular flexibility index (Phi) is 7.62. The van der Waals surface area contributed by atoms with Gasteiger partial charge in [-0.1, -0.05) is 12.1 Å². The molecule has 0 radical (unpaired) electrons. The maximum atomic E-state index is 12.9. The Hall–Kier alpha value is -3.29. The molecule has 0 atom stereocenters. The highest BCUT2D eigenvalue weighted by Gasteiger charge is 2.14. The van der Waals surface area contributed by atoms with Crippen molar-refractivity contribution in [3.63, 3.8) is 0 Å². The normalized spacial score (nSPS) is 10.1. The molecule has 28 heavy (non-hydrogen) atoms. The Labute approximate surface area is 162 Å². The van der Waals surface area contributed by atoms with E-state index in [9.17, 15) is 14.0 Å². The van der Waals surface area contributed by atoms with Gasteiger partial charge in [-0.2, -0.15) is 0 Å². The van der Waals surface area contributed by atoms with Crippen LogP contribution in [0.3, 0.4) is 0 Å². The fourth-order valence-electron chi connectivity index (χ4n) is 2.57. The first kappa shape index (κ1) is 21.0. The van der Waals surface area contributed by atoms with Gasteiger partial charge in [0.2, 0.25) is 17.6 Å². The fourth-order valence-corrected chi connectivity index (χ4v) is 2.57. The summed E-state index contributed by atoms with van der Waals surface area (Å²) in [4.78, 5) is 23.8. The highest BCUT2D eigenvalue weighted by atomic mass is 19.1. The Morgan fingerprint density at radius 2 is 1.43 bits per heavy atom. The van der Waals surface area contributed by atoms with Crippen molar-refractivity contribution in [2.75, 3.05) is 21.3 Å². The van der Waals surface area contributed by atoms with Crippen molar-refractivity contribution in [2.24, 2.45) is 0 Å². The summed E-state index contributed by atoms with van der Waals surface area (Å²) >= 11 is 0. The van der Waals surface area contributed by atoms with Crippen molar-refractivity contribution < 1.29 is 28.2 Å². The number of carbonyl (C=O) groups is 2. The molecule has 0 saturated carbocycles. The maximum Gasteiger partial charge on any atom is 0.242 e. The SMILES string of the molecule is COc1cc(CCC(=O)NNC(=O)Cc2ccc(F)cc2)cc(OC)c1OC. The van der Waals surface area contributed by atoms with Crippen molar-refractivity contribution in [2.45, 2.75) is 19.3 Å². The highest BCUT2D eigenvalue weighted by molar-refractivity contribution is 5.83. The van der Waals surface area contributed by atoms with E-state index < -0.39 is 5.91 Å². The molecule has 2 N–H and O–H groups in total. The standard InChI is InChI=1S/C20H23FN2O5/c1-26-16-10-14(11-17(27-2)20(16)28-3)6-9-18(24)22-23-19(25)12-13-4-7-15(21)8-5-13/h4-5,7-8,10-11H,6,9,12H2,1-3H3,(H,22,24)(H,23,25). The first-order chi connectivity index (χ1) is 13.5. The van der Waals surface area contributed by atoms with E-state index in [-0.39, 0.29) is 24.6 Å². The van der Waals surface area contributed by atoms with Gasteiger partial charge in [0.25, 0.3) is 0 Å². The summed E-state index contributed by atoms with van der Waals surface area (Å²) in [5.74, 6) is 0.374. The van der Waals surface area contributed by atoms with Crippen LogP contribution in [0.4, 0.5) is 4.39 Å². The lowest BCUT2D eigenvalue weighted by Crippen LogP contribution is -2.42. The van der Waals surface area contributed by atoms with Gasteiger partial charge in [0.05, 0.1) is 27.8 Å². The van der Waals surface area contributed by atoms with Crippen LogP contribution in [0.5, 0.6) is 17.2 Å². The first-order valence-corrected chi connectivity index (χ1v) is 8.57. The largest absolute Gasteiger partial charge is 0.493 e. The van der Waals surface area contributed by atoms with E-state index in [1.807, 2.05) is 0 Å². The Bertz CT molecular complexity index is 799. The zero-order valence-corrected chi connectivity index (χ0v) is 16.0. The van der Waals surface area contributed by atoms with Gasteiger partial charge in [-0.05, 0) is 41.8 Å². The monoisotopic (exact) mass is 390 g/mol. The van der Waals surface area contributed by atoms with Crippen molar-refractivity contribution in [1.29, 1.82) is 0 Å². The number of hydrogen-bond donors (Lipinski definition) is 2. The molecular formula is C20H23FN2O5. The van der Waals surface area contributed by atoms with Gasteiger partial charge in [-0.25, -0.2) is 4.39 Å². The zero-order valence-electron chi connectivity index (χ0n) is 16.0. The summed E-state index contributed by atoms with van der Waals surface area (Å²) in [6, 6.07) is 9.11. The van der Waals surface area contributed by atoms with Crippen molar-refractivity contribution in [3.05, 3.63) is 53.3 Å². The van der Waals surface area contributed by atoms with E-state index in [0.717, 1.165) is 5.56 Å². The minimum Gasteiger partial charge on any atom is -0.493 e. The van der Waals surface area contributed by atoms with Gasteiger partial charge >= 0.3 is 0 Å². The Morgan fingerprint density at radius 1 is 0.857 bits per heavy atom. The smallest absolute Gasteiger partial charge is 0.242 e. The second-order valence-electron chi connectivity index (χ2n) is 5.93. The number of ether oxygens (including phenoxy) is 3. The van der Waals surface area contributed by atoms with Gasteiger partial charge in [0, 0.05) is 6.42 Å². The molecule has 2 amide bonds. The van der Waals surface area contributed by atoms with E-state index in [4.69, 9.17) is 14.2 Å². The topological polar surface area (TPSA) is 85.9 Å². The van der Waals surface area contributed by atoms with E-state index in [1.165, 1.54) is 45.6 Å². The van der Waals surface area contributed by atoms with Crippen LogP contribution in [0.2, 0.25) is 0 Å². The number of methoxy groups -OCH3 is 3. The Balaban J connectivity index is 1.85. The maximum absolute atomic E-state index is 12.9. The third-order valence-corrected chi connectivity index (χ3v) is 3.98. The van der Waals surface area contributed by atoms with Crippen LogP contribution in [-0.2, 0) is 22.4 Å². The molecule has 2 rings (SSSR count). The first-order valence-electron chi connectivity index (χ1n) is 8.57. The molecule has 0 fully saturated rings. The van der Waals surface area contributed by atoms with Crippen molar-refractivity contribution in [1.82, 2.24) is 10.9 Å². The third kappa shape index (κ3) is 5.87. The number of benzene rings is 2. The zero-order chi connectivity index (χ0) is 20.5. The Morgan fingerprint density at radius 3 is 1.96 bits per heavy atom. The second kappa shape index (κ2) is 10.1. The molecule has 0 unspecified atom stereocenters. The molecule has 8 heteroatoms. The highest BCUT2D eigenvalue weighted by Crippen LogP contribution is 2.38. The quantitative estimate of drug-likeness (QED) is 0.675.